The fourth-order valence-electron chi connectivity index (χ4n) is 0.897. The molecular formula is C8H9BrO. The highest BCUT2D eigenvalue weighted by Crippen LogP contribution is 2.10. The molecule has 1 rings (SSSR count). The van der Waals surface area contributed by atoms with Gasteiger partial charge in [0.25, 0.3) is 0 Å². The van der Waals surface area contributed by atoms with Gasteiger partial charge >= 0.3 is 0 Å². The number of hydrogen-bond donors (Lipinski definition) is 0. The summed E-state index contributed by atoms with van der Waals surface area (Å²) in [5.41, 5.74) is 0.850. The summed E-state index contributed by atoms with van der Waals surface area (Å²) >= 11 is 3.13. The van der Waals surface area contributed by atoms with Crippen molar-refractivity contribution in [3.63, 3.8) is 0 Å². The summed E-state index contributed by atoms with van der Waals surface area (Å²) in [6.45, 7) is 0. The van der Waals surface area contributed by atoms with Gasteiger partial charge in [0.05, 0.1) is 5.33 Å². The van der Waals surface area contributed by atoms with E-state index in [0.717, 1.165) is 18.4 Å². The van der Waals surface area contributed by atoms with Crippen molar-refractivity contribution >= 4 is 21.7 Å². The Hall–Kier alpha value is -0.370. The van der Waals surface area contributed by atoms with Crippen molar-refractivity contribution in [2.24, 2.45) is 0 Å². The molecule has 0 unspecified atom stereocenters. The maximum Gasteiger partial charge on any atom is 0.173 e. The minimum atomic E-state index is 0.177. The molecule has 0 bridgehead atoms. The minimum Gasteiger partial charge on any atom is -0.293 e. The van der Waals surface area contributed by atoms with Crippen molar-refractivity contribution in [3.8, 4) is 0 Å². The predicted octanol–water partition coefficient (Wildman–Crippen LogP) is 2.23. The number of hydrogen-bond acceptors (Lipinski definition) is 1. The molecule has 1 aliphatic rings. The first-order valence-corrected chi connectivity index (χ1v) is 4.42. The molecule has 0 atom stereocenters. The Kier molecular flexibility index (Phi) is 2.87. The minimum absolute atomic E-state index is 0.177. The number of Topliss-reactive ketones (excluding diaryl/α,β-unsaturated/α-hetero) is 1. The monoisotopic (exact) mass is 200 g/mol. The summed E-state index contributed by atoms with van der Waals surface area (Å²) in [7, 11) is 0. The lowest BCUT2D eigenvalue weighted by molar-refractivity contribution is -0.112. The summed E-state index contributed by atoms with van der Waals surface area (Å²) in [6.07, 6.45) is 8.00. The Labute approximate surface area is 68.9 Å². The van der Waals surface area contributed by atoms with Crippen LogP contribution in [-0.2, 0) is 4.79 Å². The van der Waals surface area contributed by atoms with E-state index in [0.29, 0.717) is 5.33 Å². The molecule has 54 valence electrons. The van der Waals surface area contributed by atoms with Crippen LogP contribution in [0.3, 0.4) is 0 Å². The second-order valence-electron chi connectivity index (χ2n) is 2.20. The highest BCUT2D eigenvalue weighted by Gasteiger charge is 2.04. The van der Waals surface area contributed by atoms with Crippen molar-refractivity contribution < 1.29 is 4.79 Å². The van der Waals surface area contributed by atoms with Crippen LogP contribution in [0.5, 0.6) is 0 Å². The highest BCUT2D eigenvalue weighted by atomic mass is 79.9. The summed E-state index contributed by atoms with van der Waals surface area (Å²) in [4.78, 5) is 11.0. The summed E-state index contributed by atoms with van der Waals surface area (Å²) < 4.78 is 0. The fraction of sp³-hybridized carbons (Fsp3) is 0.375. The first-order chi connectivity index (χ1) is 4.84. The summed E-state index contributed by atoms with van der Waals surface area (Å²) in [6, 6.07) is 0. The number of alkyl halides is 1. The molecule has 0 heterocycles. The van der Waals surface area contributed by atoms with Gasteiger partial charge in [-0.1, -0.05) is 34.2 Å². The second-order valence-corrected chi connectivity index (χ2v) is 2.76. The summed E-state index contributed by atoms with van der Waals surface area (Å²) in [5.74, 6) is 0.177. The van der Waals surface area contributed by atoms with Crippen LogP contribution in [0.4, 0.5) is 0 Å². The lowest BCUT2D eigenvalue weighted by Gasteiger charge is -2.02. The normalized spacial score (nSPS) is 16.7. The number of rotatable bonds is 2. The molecule has 10 heavy (non-hydrogen) atoms. The van der Waals surface area contributed by atoms with E-state index in [2.05, 4.69) is 15.9 Å². The molecule has 0 fully saturated rings. The van der Waals surface area contributed by atoms with Gasteiger partial charge in [-0.2, -0.15) is 0 Å². The van der Waals surface area contributed by atoms with E-state index in [1.165, 1.54) is 0 Å². The molecule has 0 aromatic rings. The van der Waals surface area contributed by atoms with E-state index < -0.39 is 0 Å². The van der Waals surface area contributed by atoms with Crippen LogP contribution in [0.15, 0.2) is 23.8 Å². The molecule has 0 amide bonds. The molecule has 2 heteroatoms. The van der Waals surface area contributed by atoms with Crippen LogP contribution in [-0.4, -0.2) is 11.1 Å². The number of carbonyl (C=O) groups is 1. The quantitative estimate of drug-likeness (QED) is 0.626. The molecule has 0 spiro atoms. The third-order valence-corrected chi connectivity index (χ3v) is 1.95. The van der Waals surface area contributed by atoms with E-state index in [4.69, 9.17) is 0 Å². The number of ketones is 1. The lowest BCUT2D eigenvalue weighted by atomic mass is 10.0. The zero-order chi connectivity index (χ0) is 7.40. The fourth-order valence-corrected chi connectivity index (χ4v) is 1.22. The van der Waals surface area contributed by atoms with Crippen LogP contribution < -0.4 is 0 Å². The van der Waals surface area contributed by atoms with Crippen molar-refractivity contribution in [3.05, 3.63) is 23.8 Å². The van der Waals surface area contributed by atoms with E-state index in [-0.39, 0.29) is 5.78 Å². The van der Waals surface area contributed by atoms with Gasteiger partial charge in [0.2, 0.25) is 0 Å². The Balaban J connectivity index is 2.63. The third kappa shape index (κ3) is 1.81. The van der Waals surface area contributed by atoms with Gasteiger partial charge in [-0.15, -0.1) is 0 Å². The maximum absolute atomic E-state index is 11.0. The second kappa shape index (κ2) is 3.71. The van der Waals surface area contributed by atoms with Crippen LogP contribution in [0.1, 0.15) is 12.8 Å². The van der Waals surface area contributed by atoms with E-state index in [1.54, 1.807) is 0 Å². The number of allylic oxidation sites excluding steroid dienone is 4. The van der Waals surface area contributed by atoms with E-state index >= 15 is 0 Å². The van der Waals surface area contributed by atoms with Crippen molar-refractivity contribution in [1.29, 1.82) is 0 Å². The van der Waals surface area contributed by atoms with Gasteiger partial charge in [-0.3, -0.25) is 4.79 Å². The van der Waals surface area contributed by atoms with Crippen LogP contribution >= 0.6 is 15.9 Å². The standard InChI is InChI=1S/C8H9BrO/c9-6-8(10)7-4-2-1-3-5-7/h2,4-5H,1,3,6H2. The van der Waals surface area contributed by atoms with Crippen LogP contribution in [0.2, 0.25) is 0 Å². The lowest BCUT2D eigenvalue weighted by Crippen LogP contribution is -2.02. The Bertz CT molecular complexity index is 191. The molecule has 1 aliphatic carbocycles. The topological polar surface area (TPSA) is 17.1 Å². The molecule has 0 N–H and O–H groups in total. The van der Waals surface area contributed by atoms with Crippen molar-refractivity contribution in [2.45, 2.75) is 12.8 Å². The molecule has 0 saturated heterocycles. The molecule has 0 aliphatic heterocycles. The van der Waals surface area contributed by atoms with Gasteiger partial charge in [-0.25, -0.2) is 0 Å². The zero-order valence-electron chi connectivity index (χ0n) is 5.64. The number of carbonyl (C=O) groups excluding carboxylic acids is 1. The molecule has 0 aromatic heterocycles. The van der Waals surface area contributed by atoms with Gasteiger partial charge in [0.1, 0.15) is 0 Å². The average molecular weight is 201 g/mol. The molecule has 0 aromatic carbocycles. The van der Waals surface area contributed by atoms with Gasteiger partial charge < -0.3 is 0 Å². The largest absolute Gasteiger partial charge is 0.293 e. The Morgan fingerprint density at radius 3 is 2.90 bits per heavy atom. The maximum atomic E-state index is 11.0. The Morgan fingerprint density at radius 1 is 1.60 bits per heavy atom. The third-order valence-electron chi connectivity index (χ3n) is 1.44. The number of halogens is 1. The molecular weight excluding hydrogens is 192 g/mol. The zero-order valence-corrected chi connectivity index (χ0v) is 7.23. The van der Waals surface area contributed by atoms with E-state index in [1.807, 2.05) is 18.2 Å². The van der Waals surface area contributed by atoms with E-state index in [9.17, 15) is 4.79 Å². The summed E-state index contributed by atoms with van der Waals surface area (Å²) in [5, 5.41) is 0.434. The first-order valence-electron chi connectivity index (χ1n) is 3.30. The van der Waals surface area contributed by atoms with Crippen molar-refractivity contribution in [2.75, 3.05) is 5.33 Å². The smallest absolute Gasteiger partial charge is 0.173 e. The average Bonchev–Trinajstić information content (AvgIpc) is 2.05. The molecule has 0 saturated carbocycles. The molecule has 1 nitrogen and oxygen atoms in total. The van der Waals surface area contributed by atoms with Gasteiger partial charge in [-0.05, 0) is 12.8 Å². The SMILES string of the molecule is O=C(CBr)C1=CCCC=C1. The Morgan fingerprint density at radius 2 is 2.40 bits per heavy atom. The van der Waals surface area contributed by atoms with Gasteiger partial charge in [0.15, 0.2) is 5.78 Å². The van der Waals surface area contributed by atoms with Crippen LogP contribution in [0, 0.1) is 0 Å². The predicted molar refractivity (Wildman–Crippen MR) is 45.3 cm³/mol. The molecule has 0 radical (unpaired) electrons. The first kappa shape index (κ1) is 7.73. The highest BCUT2D eigenvalue weighted by molar-refractivity contribution is 9.09. The van der Waals surface area contributed by atoms with Crippen molar-refractivity contribution in [1.82, 2.24) is 0 Å². The van der Waals surface area contributed by atoms with Crippen LogP contribution in [0.25, 0.3) is 0 Å². The van der Waals surface area contributed by atoms with Gasteiger partial charge in [0, 0.05) is 5.57 Å².